The zero-order chi connectivity index (χ0) is 18.1. The second kappa shape index (κ2) is 7.29. The molecule has 25 heavy (non-hydrogen) atoms. The van der Waals surface area contributed by atoms with Gasteiger partial charge in [0.1, 0.15) is 0 Å². The van der Waals surface area contributed by atoms with Crippen LogP contribution in [0.5, 0.6) is 0 Å². The molecule has 2 fully saturated rings. The Hall–Kier alpha value is -1.04. The Morgan fingerprint density at radius 1 is 1.00 bits per heavy atom. The van der Waals surface area contributed by atoms with E-state index in [4.69, 9.17) is 0 Å². The van der Waals surface area contributed by atoms with Crippen LogP contribution in [0.3, 0.4) is 0 Å². The first kappa shape index (κ1) is 18.7. The summed E-state index contributed by atoms with van der Waals surface area (Å²) in [6, 6.07) is 5.61. The lowest BCUT2D eigenvalue weighted by Crippen LogP contribution is -2.49. The molecule has 0 aliphatic carbocycles. The van der Waals surface area contributed by atoms with Crippen LogP contribution in [0.25, 0.3) is 0 Å². The van der Waals surface area contributed by atoms with Gasteiger partial charge in [0.25, 0.3) is 0 Å². The lowest BCUT2D eigenvalue weighted by molar-refractivity contribution is 0.179. The first-order valence-electron chi connectivity index (χ1n) is 8.33. The average molecular weight is 389 g/mol. The fourth-order valence-electron chi connectivity index (χ4n) is 3.33. The highest BCUT2D eigenvalue weighted by Gasteiger charge is 2.35. The molecule has 8 nitrogen and oxygen atoms in total. The minimum absolute atomic E-state index is 0.0501. The number of hydrogen-bond acceptors (Lipinski definition) is 6. The van der Waals surface area contributed by atoms with Crippen LogP contribution in [0.2, 0.25) is 0 Å². The minimum Gasteiger partial charge on any atom is -0.314 e. The predicted octanol–water partition coefficient (Wildman–Crippen LogP) is -0.737. The molecule has 0 bridgehead atoms. The number of benzene rings is 1. The molecule has 10 heteroatoms. The molecule has 2 aliphatic heterocycles. The van der Waals surface area contributed by atoms with E-state index < -0.39 is 20.0 Å². The van der Waals surface area contributed by atoms with Crippen molar-refractivity contribution in [1.82, 2.24) is 19.2 Å². The Morgan fingerprint density at radius 3 is 2.20 bits per heavy atom. The third-order valence-corrected chi connectivity index (χ3v) is 8.14. The van der Waals surface area contributed by atoms with Gasteiger partial charge in [0.05, 0.1) is 9.79 Å². The zero-order valence-electron chi connectivity index (χ0n) is 14.2. The Morgan fingerprint density at radius 2 is 1.60 bits per heavy atom. The number of nitrogens with zero attached hydrogens (tertiary/aromatic N) is 2. The zero-order valence-corrected chi connectivity index (χ0v) is 15.8. The Kier molecular flexibility index (Phi) is 5.47. The van der Waals surface area contributed by atoms with Gasteiger partial charge in [-0.3, -0.25) is 4.90 Å². The number of piperazine rings is 1. The van der Waals surface area contributed by atoms with Crippen molar-refractivity contribution in [2.45, 2.75) is 22.3 Å². The molecule has 0 saturated carbocycles. The van der Waals surface area contributed by atoms with E-state index in [1.807, 2.05) is 0 Å². The molecule has 2 saturated heterocycles. The fourth-order valence-corrected chi connectivity index (χ4v) is 5.55. The summed E-state index contributed by atoms with van der Waals surface area (Å²) >= 11 is 0. The molecule has 140 valence electrons. The van der Waals surface area contributed by atoms with Crippen molar-refractivity contribution in [3.63, 3.8) is 0 Å². The second-order valence-corrected chi connectivity index (χ2v) is 10.1. The summed E-state index contributed by atoms with van der Waals surface area (Å²) < 4.78 is 52.9. The lowest BCUT2D eigenvalue weighted by atomic mass is 10.2. The molecule has 0 radical (unpaired) electrons. The Labute approximate surface area is 149 Å². The standard InChI is InChI=1S/C15H24N4O4S2/c1-16-24(20,21)14-2-4-15(5-3-14)25(22,23)19-9-6-13(12-19)18-10-7-17-8-11-18/h2-5,13,16-17H,6-12H2,1H3. The smallest absolute Gasteiger partial charge is 0.243 e. The van der Waals surface area contributed by atoms with Crippen molar-refractivity contribution in [3.8, 4) is 0 Å². The van der Waals surface area contributed by atoms with Crippen LogP contribution in [0.1, 0.15) is 6.42 Å². The van der Waals surface area contributed by atoms with E-state index in [1.165, 1.54) is 35.6 Å². The number of nitrogens with one attached hydrogen (secondary N) is 2. The van der Waals surface area contributed by atoms with Crippen LogP contribution in [-0.2, 0) is 20.0 Å². The summed E-state index contributed by atoms with van der Waals surface area (Å²) in [4.78, 5) is 2.52. The summed E-state index contributed by atoms with van der Waals surface area (Å²) in [5.41, 5.74) is 0. The monoisotopic (exact) mass is 388 g/mol. The number of sulfonamides is 2. The van der Waals surface area contributed by atoms with Gasteiger partial charge in [-0.25, -0.2) is 21.6 Å². The summed E-state index contributed by atoms with van der Waals surface area (Å²) in [5.74, 6) is 0. The predicted molar refractivity (Wildman–Crippen MR) is 94.3 cm³/mol. The van der Waals surface area contributed by atoms with E-state index in [1.54, 1.807) is 0 Å². The van der Waals surface area contributed by atoms with Gasteiger partial charge in [-0.05, 0) is 37.7 Å². The third-order valence-electron chi connectivity index (χ3n) is 4.83. The van der Waals surface area contributed by atoms with Crippen molar-refractivity contribution in [2.75, 3.05) is 46.3 Å². The Bertz CT molecular complexity index is 802. The molecule has 2 heterocycles. The van der Waals surface area contributed by atoms with Gasteiger partial charge in [-0.15, -0.1) is 0 Å². The van der Waals surface area contributed by atoms with Crippen LogP contribution in [0.15, 0.2) is 34.1 Å². The molecule has 2 aliphatic rings. The summed E-state index contributed by atoms with van der Waals surface area (Å²) in [6.07, 6.45) is 0.825. The molecular weight excluding hydrogens is 364 g/mol. The van der Waals surface area contributed by atoms with Gasteiger partial charge in [0.15, 0.2) is 0 Å². The average Bonchev–Trinajstić information content (AvgIpc) is 3.13. The summed E-state index contributed by atoms with van der Waals surface area (Å²) in [6.45, 7) is 4.73. The van der Waals surface area contributed by atoms with Gasteiger partial charge in [-0.1, -0.05) is 0 Å². The first-order chi connectivity index (χ1) is 11.8. The van der Waals surface area contributed by atoms with Crippen molar-refractivity contribution in [1.29, 1.82) is 0 Å². The molecule has 0 amide bonds. The van der Waals surface area contributed by atoms with Crippen LogP contribution < -0.4 is 10.0 Å². The fraction of sp³-hybridized carbons (Fsp3) is 0.600. The molecule has 0 spiro atoms. The highest BCUT2D eigenvalue weighted by atomic mass is 32.2. The molecule has 1 atom stereocenters. The van der Waals surface area contributed by atoms with Crippen molar-refractivity contribution in [3.05, 3.63) is 24.3 Å². The van der Waals surface area contributed by atoms with Crippen LogP contribution in [-0.4, -0.2) is 78.4 Å². The first-order valence-corrected chi connectivity index (χ1v) is 11.3. The second-order valence-electron chi connectivity index (χ2n) is 6.27. The SMILES string of the molecule is CNS(=O)(=O)c1ccc(S(=O)(=O)N2CCC(N3CCNCC3)C2)cc1. The number of hydrogen-bond donors (Lipinski definition) is 2. The maximum absolute atomic E-state index is 12.8. The van der Waals surface area contributed by atoms with E-state index in [0.29, 0.717) is 13.1 Å². The maximum atomic E-state index is 12.8. The lowest BCUT2D eigenvalue weighted by Gasteiger charge is -2.32. The Balaban J connectivity index is 1.73. The number of rotatable bonds is 5. The normalized spacial score (nSPS) is 23.8. The summed E-state index contributed by atoms with van der Waals surface area (Å²) in [7, 11) is -5.86. The van der Waals surface area contributed by atoms with Crippen LogP contribution in [0, 0.1) is 0 Å². The van der Waals surface area contributed by atoms with E-state index in [9.17, 15) is 16.8 Å². The van der Waals surface area contributed by atoms with Crippen molar-refractivity contribution < 1.29 is 16.8 Å². The molecule has 1 unspecified atom stereocenters. The van der Waals surface area contributed by atoms with E-state index in [-0.39, 0.29) is 15.8 Å². The van der Waals surface area contributed by atoms with Crippen LogP contribution in [0.4, 0.5) is 0 Å². The van der Waals surface area contributed by atoms with Gasteiger partial charge in [0.2, 0.25) is 20.0 Å². The quantitative estimate of drug-likeness (QED) is 0.690. The third kappa shape index (κ3) is 3.88. The van der Waals surface area contributed by atoms with Gasteiger partial charge >= 0.3 is 0 Å². The van der Waals surface area contributed by atoms with E-state index >= 15 is 0 Å². The molecule has 0 aromatic heterocycles. The van der Waals surface area contributed by atoms with Gasteiger partial charge in [-0.2, -0.15) is 4.31 Å². The molecule has 1 aromatic carbocycles. The largest absolute Gasteiger partial charge is 0.314 e. The van der Waals surface area contributed by atoms with E-state index in [2.05, 4.69) is 14.9 Å². The molecule has 1 aromatic rings. The van der Waals surface area contributed by atoms with Crippen molar-refractivity contribution >= 4 is 20.0 Å². The highest BCUT2D eigenvalue weighted by molar-refractivity contribution is 7.89. The topological polar surface area (TPSA) is 98.8 Å². The van der Waals surface area contributed by atoms with E-state index in [0.717, 1.165) is 32.6 Å². The van der Waals surface area contributed by atoms with Crippen LogP contribution >= 0.6 is 0 Å². The molecular formula is C15H24N4O4S2. The highest BCUT2D eigenvalue weighted by Crippen LogP contribution is 2.24. The van der Waals surface area contributed by atoms with Gasteiger partial charge in [0, 0.05) is 45.3 Å². The molecule has 2 N–H and O–H groups in total. The van der Waals surface area contributed by atoms with Gasteiger partial charge < -0.3 is 5.32 Å². The molecule has 3 rings (SSSR count). The summed E-state index contributed by atoms with van der Waals surface area (Å²) in [5, 5.41) is 3.30. The minimum atomic E-state index is -3.60. The van der Waals surface area contributed by atoms with Crippen molar-refractivity contribution in [2.24, 2.45) is 0 Å². The maximum Gasteiger partial charge on any atom is 0.243 e.